The molecule has 0 atom stereocenters. The van der Waals surface area contributed by atoms with Gasteiger partial charge in [0.15, 0.2) is 11.4 Å². The van der Waals surface area contributed by atoms with E-state index in [-0.39, 0.29) is 41.9 Å². The molecule has 10 nitrogen and oxygen atoms in total. The molecule has 2 fully saturated rings. The van der Waals surface area contributed by atoms with E-state index in [1.807, 2.05) is 18.2 Å². The van der Waals surface area contributed by atoms with Gasteiger partial charge in [0.05, 0.1) is 32.1 Å². The molecule has 0 bridgehead atoms. The summed E-state index contributed by atoms with van der Waals surface area (Å²) in [5.74, 6) is 1.65. The molecule has 224 valence electrons. The number of nitrogens with one attached hydrogen (secondary N) is 1. The maximum absolute atomic E-state index is 13.7. The third kappa shape index (κ3) is 6.38. The van der Waals surface area contributed by atoms with Crippen LogP contribution in [0.2, 0.25) is 0 Å². The number of ether oxygens (including phenoxy) is 3. The quantitative estimate of drug-likeness (QED) is 0.337. The van der Waals surface area contributed by atoms with Crippen molar-refractivity contribution in [1.29, 1.82) is 5.41 Å². The summed E-state index contributed by atoms with van der Waals surface area (Å²) in [6.45, 7) is 13.2. The molecular weight excluding hydrogens is 544 g/mol. The Labute approximate surface area is 247 Å². The summed E-state index contributed by atoms with van der Waals surface area (Å²) < 4.78 is 20.6. The van der Waals surface area contributed by atoms with Gasteiger partial charge >= 0.3 is 0 Å². The van der Waals surface area contributed by atoms with Crippen molar-refractivity contribution >= 4 is 29.5 Å². The highest BCUT2D eigenvalue weighted by molar-refractivity contribution is 5.97. The van der Waals surface area contributed by atoms with Crippen molar-refractivity contribution in [3.8, 4) is 11.6 Å². The highest BCUT2D eigenvalue weighted by Gasteiger charge is 2.31. The van der Waals surface area contributed by atoms with Crippen LogP contribution in [0.1, 0.15) is 87.7 Å². The maximum Gasteiger partial charge on any atom is 0.242 e. The van der Waals surface area contributed by atoms with Gasteiger partial charge in [0.25, 0.3) is 0 Å². The number of methoxy groups -OCH3 is 1. The third-order valence-corrected chi connectivity index (χ3v) is 7.86. The minimum absolute atomic E-state index is 0. The Balaban J connectivity index is 0.00000387. The molecular formula is C30H43ClN6O4. The Morgan fingerprint density at radius 3 is 2.39 bits per heavy atom. The van der Waals surface area contributed by atoms with Crippen LogP contribution in [-0.4, -0.2) is 64.7 Å². The Hall–Kier alpha value is -3.11. The Kier molecular flexibility index (Phi) is 9.33. The van der Waals surface area contributed by atoms with E-state index in [9.17, 15) is 4.79 Å². The van der Waals surface area contributed by atoms with Crippen LogP contribution in [0.3, 0.4) is 0 Å². The van der Waals surface area contributed by atoms with E-state index in [0.717, 1.165) is 61.3 Å². The average molecular weight is 587 g/mol. The summed E-state index contributed by atoms with van der Waals surface area (Å²) >= 11 is 0. The third-order valence-electron chi connectivity index (χ3n) is 7.86. The van der Waals surface area contributed by atoms with E-state index >= 15 is 0 Å². The number of ketones is 1. The molecule has 0 amide bonds. The van der Waals surface area contributed by atoms with E-state index in [2.05, 4.69) is 44.6 Å². The topological polar surface area (TPSA) is 107 Å². The SMILES string of the molecule is CCC(CC)Oc1nn2c(=N)n(CC(=O)c3cc(N4CCOCC4)c(OC)c(C(C)(C)C)c3)nc2cc1C1CC1.Cl. The molecule has 11 heteroatoms. The van der Waals surface area contributed by atoms with Crippen LogP contribution in [0, 0.1) is 5.41 Å². The Morgan fingerprint density at radius 2 is 1.80 bits per heavy atom. The molecule has 2 aliphatic rings. The number of fused-ring (bicyclic) bond motifs is 1. The van der Waals surface area contributed by atoms with Crippen molar-refractivity contribution in [2.75, 3.05) is 38.3 Å². The lowest BCUT2D eigenvalue weighted by Gasteiger charge is -2.33. The van der Waals surface area contributed by atoms with Crippen molar-refractivity contribution in [3.63, 3.8) is 0 Å². The fourth-order valence-corrected chi connectivity index (χ4v) is 5.28. The second-order valence-electron chi connectivity index (χ2n) is 11.8. The Morgan fingerprint density at radius 1 is 1.12 bits per heavy atom. The molecule has 0 spiro atoms. The molecule has 2 aromatic heterocycles. The number of aromatic nitrogens is 4. The van der Waals surface area contributed by atoms with Crippen LogP contribution < -0.4 is 20.0 Å². The Bertz CT molecular complexity index is 1450. The number of hydrogen-bond donors (Lipinski definition) is 1. The first-order valence-electron chi connectivity index (χ1n) is 14.4. The summed E-state index contributed by atoms with van der Waals surface area (Å²) in [5.41, 5.74) is 3.82. The number of halogens is 1. The lowest BCUT2D eigenvalue weighted by Crippen LogP contribution is -2.37. The van der Waals surface area contributed by atoms with E-state index in [0.29, 0.717) is 36.2 Å². The van der Waals surface area contributed by atoms with Crippen LogP contribution in [0.25, 0.3) is 5.65 Å². The van der Waals surface area contributed by atoms with E-state index in [4.69, 9.17) is 24.7 Å². The van der Waals surface area contributed by atoms with Crippen LogP contribution >= 0.6 is 12.4 Å². The van der Waals surface area contributed by atoms with Gasteiger partial charge in [0, 0.05) is 29.8 Å². The van der Waals surface area contributed by atoms with Crippen molar-refractivity contribution in [2.24, 2.45) is 0 Å². The summed E-state index contributed by atoms with van der Waals surface area (Å²) in [4.78, 5) is 16.0. The lowest BCUT2D eigenvalue weighted by molar-refractivity contribution is 0.0965. The maximum atomic E-state index is 13.7. The van der Waals surface area contributed by atoms with Crippen LogP contribution in [0.4, 0.5) is 5.69 Å². The number of carbonyl (C=O) groups is 1. The second-order valence-corrected chi connectivity index (χ2v) is 11.8. The van der Waals surface area contributed by atoms with E-state index in [1.165, 1.54) is 9.20 Å². The van der Waals surface area contributed by atoms with Crippen molar-refractivity contribution < 1.29 is 19.0 Å². The molecule has 1 aliphatic heterocycles. The monoisotopic (exact) mass is 586 g/mol. The predicted octanol–water partition coefficient (Wildman–Crippen LogP) is 4.90. The van der Waals surface area contributed by atoms with Gasteiger partial charge in [0.2, 0.25) is 11.5 Å². The highest BCUT2D eigenvalue weighted by atomic mass is 35.5. The number of morpholine rings is 1. The zero-order valence-electron chi connectivity index (χ0n) is 25.0. The predicted molar refractivity (Wildman–Crippen MR) is 160 cm³/mol. The van der Waals surface area contributed by atoms with Gasteiger partial charge in [-0.25, -0.2) is 4.68 Å². The minimum Gasteiger partial charge on any atom is -0.494 e. The smallest absolute Gasteiger partial charge is 0.242 e. The van der Waals surface area contributed by atoms with Gasteiger partial charge in [-0.15, -0.1) is 22.6 Å². The lowest BCUT2D eigenvalue weighted by atomic mass is 9.84. The van der Waals surface area contributed by atoms with Crippen LogP contribution in [-0.2, 0) is 16.7 Å². The van der Waals surface area contributed by atoms with Gasteiger partial charge < -0.3 is 19.1 Å². The summed E-state index contributed by atoms with van der Waals surface area (Å²) in [5, 5.41) is 18.1. The first kappa shape index (κ1) is 30.8. The van der Waals surface area contributed by atoms with Crippen LogP contribution in [0.5, 0.6) is 11.6 Å². The van der Waals surface area contributed by atoms with Crippen molar-refractivity contribution in [2.45, 2.75) is 84.3 Å². The fourth-order valence-electron chi connectivity index (χ4n) is 5.28. The number of anilines is 1. The summed E-state index contributed by atoms with van der Waals surface area (Å²) in [7, 11) is 1.68. The molecule has 0 radical (unpaired) electrons. The molecule has 3 heterocycles. The molecule has 1 aliphatic carbocycles. The molecule has 5 rings (SSSR count). The average Bonchev–Trinajstić information content (AvgIpc) is 3.75. The molecule has 3 aromatic rings. The van der Waals surface area contributed by atoms with Gasteiger partial charge in [-0.2, -0.15) is 4.52 Å². The molecule has 1 N–H and O–H groups in total. The van der Waals surface area contributed by atoms with Gasteiger partial charge in [0.1, 0.15) is 12.3 Å². The molecule has 0 unspecified atom stereocenters. The van der Waals surface area contributed by atoms with Gasteiger partial charge in [-0.1, -0.05) is 34.6 Å². The van der Waals surface area contributed by atoms with E-state index < -0.39 is 0 Å². The molecule has 1 saturated heterocycles. The second kappa shape index (κ2) is 12.4. The molecule has 1 saturated carbocycles. The van der Waals surface area contributed by atoms with E-state index in [1.54, 1.807) is 7.11 Å². The van der Waals surface area contributed by atoms with Crippen molar-refractivity contribution in [1.82, 2.24) is 19.4 Å². The normalized spacial score (nSPS) is 15.7. The highest BCUT2D eigenvalue weighted by Crippen LogP contribution is 2.44. The summed E-state index contributed by atoms with van der Waals surface area (Å²) in [6.07, 6.45) is 4.04. The largest absolute Gasteiger partial charge is 0.494 e. The van der Waals surface area contributed by atoms with Crippen LogP contribution in [0.15, 0.2) is 18.2 Å². The number of benzene rings is 1. The number of hydrogen-bond acceptors (Lipinski definition) is 8. The molecule has 1 aromatic carbocycles. The van der Waals surface area contributed by atoms with Gasteiger partial charge in [-0.05, 0) is 55.2 Å². The number of nitrogens with zero attached hydrogens (tertiary/aromatic N) is 5. The van der Waals surface area contributed by atoms with Crippen molar-refractivity contribution in [3.05, 3.63) is 40.5 Å². The number of carbonyl (C=O) groups excluding carboxylic acids is 1. The fraction of sp³-hybridized carbons (Fsp3) is 0.600. The zero-order chi connectivity index (χ0) is 28.6. The number of Topliss-reactive ketones (excluding diaryl/α,β-unsaturated/α-hetero) is 1. The first-order chi connectivity index (χ1) is 19.1. The minimum atomic E-state index is -0.242. The number of rotatable bonds is 10. The summed E-state index contributed by atoms with van der Waals surface area (Å²) in [6, 6.07) is 5.81. The zero-order valence-corrected chi connectivity index (χ0v) is 25.8. The molecule has 41 heavy (non-hydrogen) atoms. The standard InChI is InChI=1S/C30H42N6O4.ClH/c1-7-21(8-2)40-28-22(19-9-10-19)17-26-32-35(29(31)36(26)33-28)18-25(37)20-15-23(30(3,4)5)27(38-6)24(16-20)34-11-13-39-14-12-34;/h15-17,19,21,31H,7-14,18H2,1-6H3;1H. The van der Waals surface area contributed by atoms with Gasteiger partial charge in [-0.3, -0.25) is 10.2 Å². The first-order valence-corrected chi connectivity index (χ1v) is 14.4.